The number of urea groups is 1. The second-order valence-electron chi connectivity index (χ2n) is 5.70. The molecule has 8 heteroatoms. The molecular formula is C16H18N4O4. The number of hydrogen-bond donors (Lipinski definition) is 3. The molecule has 8 nitrogen and oxygen atoms in total. The van der Waals surface area contributed by atoms with Crippen molar-refractivity contribution in [3.05, 3.63) is 45.8 Å². The third-order valence-electron chi connectivity index (χ3n) is 3.76. The molecule has 1 unspecified atom stereocenters. The van der Waals surface area contributed by atoms with Gasteiger partial charge >= 0.3 is 11.8 Å². The Hall–Kier alpha value is -3.03. The molecule has 0 aliphatic rings. The fourth-order valence-electron chi connectivity index (χ4n) is 2.60. The van der Waals surface area contributed by atoms with E-state index in [4.69, 9.17) is 8.94 Å². The Morgan fingerprint density at radius 3 is 2.88 bits per heavy atom. The van der Waals surface area contributed by atoms with E-state index in [0.29, 0.717) is 23.2 Å². The highest BCUT2D eigenvalue weighted by atomic mass is 16.5. The first-order valence-corrected chi connectivity index (χ1v) is 7.55. The van der Waals surface area contributed by atoms with Crippen molar-refractivity contribution in [1.29, 1.82) is 0 Å². The maximum absolute atomic E-state index is 12.2. The molecule has 3 rings (SSSR count). The standard InChI is InChI=1S/C16H18N4O4/c1-8(7-11-9(2)20-24-10(11)3)17-15(21)18-12-5-4-6-13-14(12)23-16(22)19-13/h4-6,8H,7H2,1-3H3,(H,19,22)(H2,17,18,21). The van der Waals surface area contributed by atoms with E-state index < -0.39 is 5.76 Å². The maximum Gasteiger partial charge on any atom is 0.417 e. The van der Waals surface area contributed by atoms with E-state index in [-0.39, 0.29) is 12.1 Å². The molecule has 0 aliphatic heterocycles. The van der Waals surface area contributed by atoms with Crippen LogP contribution >= 0.6 is 0 Å². The molecule has 126 valence electrons. The molecule has 0 fully saturated rings. The number of nitrogens with one attached hydrogen (secondary N) is 3. The highest BCUT2D eigenvalue weighted by Crippen LogP contribution is 2.20. The first-order valence-electron chi connectivity index (χ1n) is 7.55. The molecule has 3 aromatic rings. The number of carbonyl (C=O) groups is 1. The van der Waals surface area contributed by atoms with Gasteiger partial charge in [0.25, 0.3) is 0 Å². The van der Waals surface area contributed by atoms with Gasteiger partial charge in [0.1, 0.15) is 5.76 Å². The summed E-state index contributed by atoms with van der Waals surface area (Å²) in [4.78, 5) is 26.0. The molecule has 2 aromatic heterocycles. The minimum atomic E-state index is -0.563. The van der Waals surface area contributed by atoms with Crippen LogP contribution in [0.2, 0.25) is 0 Å². The first kappa shape index (κ1) is 15.9. The van der Waals surface area contributed by atoms with E-state index in [1.165, 1.54) is 0 Å². The number of oxazole rings is 1. The number of aromatic amines is 1. The van der Waals surface area contributed by atoms with Crippen molar-refractivity contribution in [2.24, 2.45) is 0 Å². The van der Waals surface area contributed by atoms with Crippen molar-refractivity contribution < 1.29 is 13.7 Å². The summed E-state index contributed by atoms with van der Waals surface area (Å²) in [6.45, 7) is 5.60. The molecule has 0 aliphatic carbocycles. The van der Waals surface area contributed by atoms with Gasteiger partial charge in [-0.2, -0.15) is 0 Å². The summed E-state index contributed by atoms with van der Waals surface area (Å²) < 4.78 is 10.2. The number of benzene rings is 1. The van der Waals surface area contributed by atoms with Gasteiger partial charge in [-0.3, -0.25) is 4.98 Å². The summed E-state index contributed by atoms with van der Waals surface area (Å²) in [5.41, 5.74) is 3.08. The van der Waals surface area contributed by atoms with Crippen LogP contribution in [0.25, 0.3) is 11.1 Å². The summed E-state index contributed by atoms with van der Waals surface area (Å²) in [6.07, 6.45) is 0.609. The lowest BCUT2D eigenvalue weighted by atomic mass is 10.1. The molecule has 1 aromatic carbocycles. The van der Waals surface area contributed by atoms with E-state index in [1.54, 1.807) is 18.2 Å². The zero-order valence-electron chi connectivity index (χ0n) is 13.6. The van der Waals surface area contributed by atoms with Crippen molar-refractivity contribution in [3.63, 3.8) is 0 Å². The van der Waals surface area contributed by atoms with Crippen molar-refractivity contribution in [1.82, 2.24) is 15.5 Å². The number of amides is 2. The molecule has 3 N–H and O–H groups in total. The van der Waals surface area contributed by atoms with Crippen LogP contribution in [0.15, 0.2) is 31.9 Å². The van der Waals surface area contributed by atoms with Crippen LogP contribution in [0, 0.1) is 13.8 Å². The Morgan fingerprint density at radius 2 is 2.17 bits per heavy atom. The van der Waals surface area contributed by atoms with Gasteiger partial charge in [0.05, 0.1) is 16.9 Å². The Kier molecular flexibility index (Phi) is 4.11. The number of anilines is 1. The Morgan fingerprint density at radius 1 is 1.38 bits per heavy atom. The minimum Gasteiger partial charge on any atom is -0.406 e. The number of aryl methyl sites for hydroxylation is 2. The van der Waals surface area contributed by atoms with Crippen molar-refractivity contribution in [3.8, 4) is 0 Å². The molecule has 0 saturated heterocycles. The predicted molar refractivity (Wildman–Crippen MR) is 88.1 cm³/mol. The lowest BCUT2D eigenvalue weighted by molar-refractivity contribution is 0.249. The van der Waals surface area contributed by atoms with Gasteiger partial charge in [-0.05, 0) is 39.3 Å². The second kappa shape index (κ2) is 6.23. The maximum atomic E-state index is 12.2. The number of nitrogens with zero attached hydrogens (tertiary/aromatic N) is 1. The third kappa shape index (κ3) is 3.17. The van der Waals surface area contributed by atoms with Gasteiger partial charge in [0, 0.05) is 11.6 Å². The van der Waals surface area contributed by atoms with Gasteiger partial charge in [-0.25, -0.2) is 9.59 Å². The van der Waals surface area contributed by atoms with E-state index >= 15 is 0 Å². The molecule has 2 heterocycles. The van der Waals surface area contributed by atoms with Gasteiger partial charge in [-0.15, -0.1) is 0 Å². The van der Waals surface area contributed by atoms with E-state index in [2.05, 4.69) is 20.8 Å². The van der Waals surface area contributed by atoms with Crippen LogP contribution < -0.4 is 16.4 Å². The number of H-pyrrole nitrogens is 1. The number of aromatic nitrogens is 2. The normalized spacial score (nSPS) is 12.3. The zero-order chi connectivity index (χ0) is 17.3. The van der Waals surface area contributed by atoms with Crippen LogP contribution in [0.5, 0.6) is 0 Å². The molecule has 0 spiro atoms. The number of para-hydroxylation sites is 1. The largest absolute Gasteiger partial charge is 0.417 e. The SMILES string of the molecule is Cc1noc(C)c1CC(C)NC(=O)Nc1cccc2[nH]c(=O)oc12. The van der Waals surface area contributed by atoms with Gasteiger partial charge in [0.15, 0.2) is 5.58 Å². The van der Waals surface area contributed by atoms with Gasteiger partial charge in [-0.1, -0.05) is 11.2 Å². The first-order chi connectivity index (χ1) is 11.4. The number of carbonyl (C=O) groups excluding carboxylic acids is 1. The molecule has 0 bridgehead atoms. The van der Waals surface area contributed by atoms with Crippen molar-refractivity contribution in [2.75, 3.05) is 5.32 Å². The Balaban J connectivity index is 1.67. The topological polar surface area (TPSA) is 113 Å². The van der Waals surface area contributed by atoms with E-state index in [0.717, 1.165) is 17.0 Å². The molecule has 0 saturated carbocycles. The number of hydrogen-bond acceptors (Lipinski definition) is 5. The summed E-state index contributed by atoms with van der Waals surface area (Å²) in [7, 11) is 0. The molecule has 24 heavy (non-hydrogen) atoms. The average Bonchev–Trinajstić information content (AvgIpc) is 3.04. The van der Waals surface area contributed by atoms with Crippen LogP contribution in [0.3, 0.4) is 0 Å². The monoisotopic (exact) mass is 330 g/mol. The molecular weight excluding hydrogens is 312 g/mol. The summed E-state index contributed by atoms with van der Waals surface area (Å²) in [5, 5.41) is 9.44. The van der Waals surface area contributed by atoms with Crippen LogP contribution in [-0.2, 0) is 6.42 Å². The predicted octanol–water partition coefficient (Wildman–Crippen LogP) is 2.48. The van der Waals surface area contributed by atoms with E-state index in [9.17, 15) is 9.59 Å². The molecule has 0 radical (unpaired) electrons. The minimum absolute atomic E-state index is 0.126. The third-order valence-corrected chi connectivity index (χ3v) is 3.76. The van der Waals surface area contributed by atoms with Crippen LogP contribution in [-0.4, -0.2) is 22.2 Å². The summed E-state index contributed by atoms with van der Waals surface area (Å²) in [5.74, 6) is 0.187. The lowest BCUT2D eigenvalue weighted by Gasteiger charge is -2.14. The van der Waals surface area contributed by atoms with Crippen molar-refractivity contribution in [2.45, 2.75) is 33.2 Å². The molecule has 2 amide bonds. The average molecular weight is 330 g/mol. The van der Waals surface area contributed by atoms with Gasteiger partial charge in [0.2, 0.25) is 0 Å². The summed E-state index contributed by atoms with van der Waals surface area (Å²) in [6, 6.07) is 4.57. The second-order valence-corrected chi connectivity index (χ2v) is 5.70. The Bertz CT molecular complexity index is 918. The Labute approximate surface area is 137 Å². The fraction of sp³-hybridized carbons (Fsp3) is 0.312. The lowest BCUT2D eigenvalue weighted by Crippen LogP contribution is -2.37. The van der Waals surface area contributed by atoms with E-state index in [1.807, 2.05) is 20.8 Å². The molecule has 1 atom stereocenters. The zero-order valence-corrected chi connectivity index (χ0v) is 13.6. The number of fused-ring (bicyclic) bond motifs is 1. The quantitative estimate of drug-likeness (QED) is 0.680. The highest BCUT2D eigenvalue weighted by molar-refractivity contribution is 5.97. The van der Waals surface area contributed by atoms with Crippen LogP contribution in [0.4, 0.5) is 10.5 Å². The van der Waals surface area contributed by atoms with Crippen LogP contribution in [0.1, 0.15) is 23.9 Å². The summed E-state index contributed by atoms with van der Waals surface area (Å²) >= 11 is 0. The fourth-order valence-corrected chi connectivity index (χ4v) is 2.60. The van der Waals surface area contributed by atoms with Gasteiger partial charge < -0.3 is 19.6 Å². The van der Waals surface area contributed by atoms with Crippen molar-refractivity contribution >= 4 is 22.8 Å². The highest BCUT2D eigenvalue weighted by Gasteiger charge is 2.16. The smallest absolute Gasteiger partial charge is 0.406 e. The number of rotatable bonds is 4.